The Balaban J connectivity index is 1.83. The van der Waals surface area contributed by atoms with Gasteiger partial charge in [-0.1, -0.05) is 0 Å². The first-order valence-electron chi connectivity index (χ1n) is 5.41. The lowest BCUT2D eigenvalue weighted by atomic mass is 10.2. The topological polar surface area (TPSA) is 71.1 Å². The fourth-order valence-electron chi connectivity index (χ4n) is 2.03. The highest BCUT2D eigenvalue weighted by atomic mass is 16.3. The number of furan rings is 1. The Hall–Kier alpha value is -1.75. The third-order valence-electron chi connectivity index (χ3n) is 2.95. The molecule has 0 bridgehead atoms. The highest BCUT2D eigenvalue weighted by molar-refractivity contribution is 5.62. The van der Waals surface area contributed by atoms with Crippen LogP contribution < -0.4 is 10.6 Å². The number of aromatic nitrogens is 2. The van der Waals surface area contributed by atoms with Crippen LogP contribution in [-0.2, 0) is 0 Å². The first-order valence-corrected chi connectivity index (χ1v) is 5.41. The van der Waals surface area contributed by atoms with E-state index in [-0.39, 0.29) is 6.04 Å². The van der Waals surface area contributed by atoms with Crippen LogP contribution in [0.3, 0.4) is 0 Å². The zero-order valence-electron chi connectivity index (χ0n) is 8.89. The van der Waals surface area contributed by atoms with Crippen molar-refractivity contribution in [1.29, 1.82) is 0 Å². The molecule has 1 unspecified atom stereocenters. The van der Waals surface area contributed by atoms with Crippen molar-refractivity contribution in [2.24, 2.45) is 5.73 Å². The molecule has 5 heteroatoms. The summed E-state index contributed by atoms with van der Waals surface area (Å²) in [4.78, 5) is 2.20. The first-order chi connectivity index (χ1) is 7.83. The third-order valence-corrected chi connectivity index (χ3v) is 2.95. The molecule has 3 heterocycles. The summed E-state index contributed by atoms with van der Waals surface area (Å²) in [6.07, 6.45) is 4.39. The van der Waals surface area contributed by atoms with Gasteiger partial charge < -0.3 is 15.1 Å². The van der Waals surface area contributed by atoms with Crippen LogP contribution >= 0.6 is 0 Å². The lowest BCUT2D eigenvalue weighted by Gasteiger charge is -2.13. The molecule has 3 rings (SSSR count). The average molecular weight is 218 g/mol. The Kier molecular flexibility index (Phi) is 2.18. The van der Waals surface area contributed by atoms with Crippen LogP contribution in [0.4, 0.5) is 5.82 Å². The van der Waals surface area contributed by atoms with Crippen molar-refractivity contribution in [3.05, 3.63) is 24.7 Å². The molecule has 0 aliphatic carbocycles. The smallest absolute Gasteiger partial charge is 0.151 e. The van der Waals surface area contributed by atoms with E-state index in [1.54, 1.807) is 12.5 Å². The highest BCUT2D eigenvalue weighted by Crippen LogP contribution is 2.24. The molecule has 0 saturated carbocycles. The van der Waals surface area contributed by atoms with E-state index in [1.807, 2.05) is 12.1 Å². The first kappa shape index (κ1) is 9.47. The van der Waals surface area contributed by atoms with E-state index in [0.717, 1.165) is 36.6 Å². The zero-order chi connectivity index (χ0) is 11.0. The van der Waals surface area contributed by atoms with E-state index in [9.17, 15) is 0 Å². The molecule has 1 fully saturated rings. The molecular formula is C11H14N4O. The Morgan fingerprint density at radius 1 is 1.56 bits per heavy atom. The summed E-state index contributed by atoms with van der Waals surface area (Å²) < 4.78 is 5.04. The van der Waals surface area contributed by atoms with Crippen molar-refractivity contribution in [1.82, 2.24) is 10.2 Å². The predicted molar refractivity (Wildman–Crippen MR) is 61.1 cm³/mol. The van der Waals surface area contributed by atoms with Crippen LogP contribution in [0.2, 0.25) is 0 Å². The summed E-state index contributed by atoms with van der Waals surface area (Å²) >= 11 is 0. The summed E-state index contributed by atoms with van der Waals surface area (Å²) in [5.74, 6) is 0.962. The minimum absolute atomic E-state index is 0.272. The fraction of sp³-hybridized carbons (Fsp3) is 0.364. The fourth-order valence-corrected chi connectivity index (χ4v) is 2.03. The number of hydrogen-bond donors (Lipinski definition) is 2. The van der Waals surface area contributed by atoms with Gasteiger partial charge in [0.2, 0.25) is 0 Å². The number of H-pyrrole nitrogens is 1. The molecule has 2 aromatic heterocycles. The molecule has 3 N–H and O–H groups in total. The Morgan fingerprint density at radius 3 is 3.19 bits per heavy atom. The number of anilines is 1. The van der Waals surface area contributed by atoms with Crippen LogP contribution in [0.5, 0.6) is 0 Å². The predicted octanol–water partition coefficient (Wildman–Crippen LogP) is 1.21. The highest BCUT2D eigenvalue weighted by Gasteiger charge is 2.21. The lowest BCUT2D eigenvalue weighted by molar-refractivity contribution is 0.568. The standard InChI is InChI=1S/C11H14N4O/c12-9-1-3-15(6-9)11-5-10(13-14-11)8-2-4-16-7-8/h2,4-5,7,9H,1,3,6,12H2,(H,13,14). The molecule has 1 saturated heterocycles. The molecule has 84 valence electrons. The van der Waals surface area contributed by atoms with Crippen molar-refractivity contribution in [3.8, 4) is 11.3 Å². The Labute approximate surface area is 93.2 Å². The largest absolute Gasteiger partial charge is 0.472 e. The van der Waals surface area contributed by atoms with Crippen LogP contribution in [0, 0.1) is 0 Å². The number of hydrogen-bond acceptors (Lipinski definition) is 4. The lowest BCUT2D eigenvalue weighted by Crippen LogP contribution is -2.26. The van der Waals surface area contributed by atoms with Gasteiger partial charge in [-0.15, -0.1) is 0 Å². The van der Waals surface area contributed by atoms with Crippen molar-refractivity contribution in [2.75, 3.05) is 18.0 Å². The maximum atomic E-state index is 5.87. The van der Waals surface area contributed by atoms with Crippen molar-refractivity contribution in [3.63, 3.8) is 0 Å². The van der Waals surface area contributed by atoms with E-state index in [0.29, 0.717) is 0 Å². The second-order valence-electron chi connectivity index (χ2n) is 4.15. The number of nitrogens with two attached hydrogens (primary N) is 1. The quantitative estimate of drug-likeness (QED) is 0.794. The second-order valence-corrected chi connectivity index (χ2v) is 4.15. The van der Waals surface area contributed by atoms with E-state index in [4.69, 9.17) is 10.2 Å². The summed E-state index contributed by atoms with van der Waals surface area (Å²) in [6, 6.07) is 4.21. The van der Waals surface area contributed by atoms with Gasteiger partial charge in [0.15, 0.2) is 5.82 Å². The maximum absolute atomic E-state index is 5.87. The van der Waals surface area contributed by atoms with E-state index >= 15 is 0 Å². The summed E-state index contributed by atoms with van der Waals surface area (Å²) in [7, 11) is 0. The molecular weight excluding hydrogens is 204 g/mol. The summed E-state index contributed by atoms with van der Waals surface area (Å²) in [6.45, 7) is 1.87. The number of nitrogens with one attached hydrogen (secondary N) is 1. The number of rotatable bonds is 2. The van der Waals surface area contributed by atoms with Crippen LogP contribution in [0.25, 0.3) is 11.3 Å². The van der Waals surface area contributed by atoms with Crippen molar-refractivity contribution < 1.29 is 4.42 Å². The molecule has 0 spiro atoms. The van der Waals surface area contributed by atoms with Crippen molar-refractivity contribution >= 4 is 5.82 Å². The molecule has 1 aliphatic rings. The van der Waals surface area contributed by atoms with Gasteiger partial charge in [0.25, 0.3) is 0 Å². The van der Waals surface area contributed by atoms with Gasteiger partial charge in [-0.05, 0) is 12.5 Å². The Bertz CT molecular complexity index is 462. The van der Waals surface area contributed by atoms with Gasteiger partial charge in [0.1, 0.15) is 0 Å². The monoisotopic (exact) mass is 218 g/mol. The van der Waals surface area contributed by atoms with Gasteiger partial charge >= 0.3 is 0 Å². The zero-order valence-corrected chi connectivity index (χ0v) is 8.89. The summed E-state index contributed by atoms with van der Waals surface area (Å²) in [5.41, 5.74) is 7.86. The molecule has 0 aromatic carbocycles. The minimum Gasteiger partial charge on any atom is -0.472 e. The number of nitrogens with zero attached hydrogens (tertiary/aromatic N) is 2. The van der Waals surface area contributed by atoms with E-state index < -0.39 is 0 Å². The van der Waals surface area contributed by atoms with Gasteiger partial charge in [0, 0.05) is 30.8 Å². The normalized spacial score (nSPS) is 20.6. The molecule has 1 atom stereocenters. The van der Waals surface area contributed by atoms with Gasteiger partial charge in [-0.3, -0.25) is 5.10 Å². The Morgan fingerprint density at radius 2 is 2.50 bits per heavy atom. The third kappa shape index (κ3) is 1.59. The van der Waals surface area contributed by atoms with Crippen LogP contribution in [0.15, 0.2) is 29.1 Å². The second kappa shape index (κ2) is 3.68. The van der Waals surface area contributed by atoms with Gasteiger partial charge in [-0.2, -0.15) is 5.10 Å². The SMILES string of the molecule is NC1CCN(c2cc(-c3ccoc3)[nH]n2)C1. The number of aromatic amines is 1. The van der Waals surface area contributed by atoms with Crippen LogP contribution in [0.1, 0.15) is 6.42 Å². The van der Waals surface area contributed by atoms with Crippen molar-refractivity contribution in [2.45, 2.75) is 12.5 Å². The van der Waals surface area contributed by atoms with E-state index in [2.05, 4.69) is 15.1 Å². The minimum atomic E-state index is 0.272. The maximum Gasteiger partial charge on any atom is 0.151 e. The molecule has 0 radical (unpaired) electrons. The van der Waals surface area contributed by atoms with Gasteiger partial charge in [-0.25, -0.2) is 0 Å². The summed E-state index contributed by atoms with van der Waals surface area (Å²) in [5, 5.41) is 7.30. The van der Waals surface area contributed by atoms with Gasteiger partial charge in [0.05, 0.1) is 18.2 Å². The molecule has 1 aliphatic heterocycles. The average Bonchev–Trinajstić information content (AvgIpc) is 2.97. The molecule has 16 heavy (non-hydrogen) atoms. The molecule has 2 aromatic rings. The molecule has 0 amide bonds. The van der Waals surface area contributed by atoms with Crippen LogP contribution in [-0.4, -0.2) is 29.3 Å². The molecule has 5 nitrogen and oxygen atoms in total. The van der Waals surface area contributed by atoms with E-state index in [1.165, 1.54) is 0 Å².